The van der Waals surface area contributed by atoms with Crippen LogP contribution in [0.5, 0.6) is 5.75 Å². The number of fused-ring (bicyclic) bond motifs is 1. The Kier molecular flexibility index (Phi) is 5.99. The fourth-order valence-electron chi connectivity index (χ4n) is 3.80. The first kappa shape index (κ1) is 24.2. The molecule has 0 unspecified atom stereocenters. The first-order chi connectivity index (χ1) is 16.4. The van der Waals surface area contributed by atoms with Gasteiger partial charge in [-0.1, -0.05) is 0 Å². The van der Waals surface area contributed by atoms with Gasteiger partial charge < -0.3 is 15.8 Å². The van der Waals surface area contributed by atoms with Crippen LogP contribution in [0.3, 0.4) is 0 Å². The molecule has 0 spiro atoms. The molecule has 3 aromatic rings. The second-order valence-corrected chi connectivity index (χ2v) is 8.44. The number of halogens is 4. The second-order valence-electron chi connectivity index (χ2n) is 8.44. The number of hydrogen-bond acceptors (Lipinski definition) is 5. The van der Waals surface area contributed by atoms with Crippen LogP contribution in [0.2, 0.25) is 0 Å². The Morgan fingerprint density at radius 2 is 1.94 bits per heavy atom. The Morgan fingerprint density at radius 3 is 2.51 bits per heavy atom. The van der Waals surface area contributed by atoms with E-state index in [1.165, 1.54) is 36.0 Å². The van der Waals surface area contributed by atoms with Gasteiger partial charge in [-0.15, -0.1) is 0 Å². The fraction of sp³-hybridized carbons (Fsp3) is 0.304. The summed E-state index contributed by atoms with van der Waals surface area (Å²) in [7, 11) is 1.57. The molecule has 1 aliphatic rings. The van der Waals surface area contributed by atoms with Gasteiger partial charge in [0.25, 0.3) is 5.91 Å². The first-order valence-electron chi connectivity index (χ1n) is 10.5. The van der Waals surface area contributed by atoms with Crippen LogP contribution in [-0.2, 0) is 17.3 Å². The summed E-state index contributed by atoms with van der Waals surface area (Å²) < 4.78 is 63.0. The molecule has 2 aromatic heterocycles. The van der Waals surface area contributed by atoms with Crippen molar-refractivity contribution in [3.63, 3.8) is 0 Å². The Labute approximate surface area is 197 Å². The Bertz CT molecular complexity index is 1290. The first-order valence-corrected chi connectivity index (χ1v) is 10.5. The maximum atomic E-state index is 14.2. The number of alkyl halides is 3. The lowest BCUT2D eigenvalue weighted by Gasteiger charge is -2.23. The lowest BCUT2D eigenvalue weighted by atomic mass is 9.82. The average molecular weight is 491 g/mol. The van der Waals surface area contributed by atoms with Crippen molar-refractivity contribution in [3.05, 3.63) is 65.4 Å². The largest absolute Gasteiger partial charge is 0.489 e. The van der Waals surface area contributed by atoms with Crippen molar-refractivity contribution in [1.82, 2.24) is 20.1 Å². The maximum absolute atomic E-state index is 14.2. The molecular weight excluding hydrogens is 470 g/mol. The zero-order chi connectivity index (χ0) is 25.5. The molecule has 2 atom stereocenters. The summed E-state index contributed by atoms with van der Waals surface area (Å²) in [5.74, 6) is -4.25. The van der Waals surface area contributed by atoms with Crippen LogP contribution >= 0.6 is 0 Å². The number of nitrogens with zero attached hydrogens (tertiary/aromatic N) is 3. The van der Waals surface area contributed by atoms with E-state index in [2.05, 4.69) is 15.4 Å². The Hall–Kier alpha value is -3.96. The van der Waals surface area contributed by atoms with Crippen LogP contribution in [0.25, 0.3) is 11.3 Å². The number of nitrogens with two attached hydrogens (primary N) is 1. The zero-order valence-electron chi connectivity index (χ0n) is 18.7. The highest BCUT2D eigenvalue weighted by atomic mass is 19.4. The maximum Gasteiger partial charge on any atom is 0.398 e. The summed E-state index contributed by atoms with van der Waals surface area (Å²) in [6.45, 7) is 0.441. The van der Waals surface area contributed by atoms with Crippen LogP contribution < -0.4 is 15.8 Å². The minimum Gasteiger partial charge on any atom is -0.489 e. The van der Waals surface area contributed by atoms with Crippen molar-refractivity contribution in [2.24, 2.45) is 12.8 Å². The van der Waals surface area contributed by atoms with Crippen LogP contribution in [-0.4, -0.2) is 45.9 Å². The van der Waals surface area contributed by atoms with Gasteiger partial charge in [-0.05, 0) is 43.3 Å². The van der Waals surface area contributed by atoms with E-state index in [4.69, 9.17) is 10.5 Å². The van der Waals surface area contributed by atoms with Gasteiger partial charge >= 0.3 is 6.18 Å². The number of rotatable bonds is 6. The van der Waals surface area contributed by atoms with Crippen molar-refractivity contribution in [2.75, 3.05) is 13.2 Å². The molecule has 2 amide bonds. The number of pyridine rings is 1. The monoisotopic (exact) mass is 491 g/mol. The van der Waals surface area contributed by atoms with Gasteiger partial charge in [-0.3, -0.25) is 14.3 Å². The molecular formula is C23H21F4N5O3. The molecule has 0 bridgehead atoms. The number of aromatic nitrogens is 3. The van der Waals surface area contributed by atoms with Crippen LogP contribution in [0.4, 0.5) is 17.6 Å². The Balaban J connectivity index is 1.80. The van der Waals surface area contributed by atoms with Crippen molar-refractivity contribution in [1.29, 1.82) is 0 Å². The smallest absolute Gasteiger partial charge is 0.398 e. The molecule has 0 aliphatic carbocycles. The number of aryl methyl sites for hydroxylation is 1. The summed E-state index contributed by atoms with van der Waals surface area (Å²) in [5, 5.41) is 6.13. The second kappa shape index (κ2) is 8.67. The number of amides is 2. The number of benzene rings is 1. The highest BCUT2D eigenvalue weighted by Crippen LogP contribution is 2.46. The van der Waals surface area contributed by atoms with E-state index in [9.17, 15) is 27.2 Å². The SMILES string of the molecule is Cn1ccc(C(=O)NC[C@H](c2cc3c(c(-c4ccc(F)cc4)n2)OC[C@]3(C)C(N)=O)C(F)(F)F)n1. The van der Waals surface area contributed by atoms with Crippen LogP contribution in [0.15, 0.2) is 42.6 Å². The molecule has 1 aromatic carbocycles. The van der Waals surface area contributed by atoms with E-state index in [-0.39, 0.29) is 34.9 Å². The predicted octanol–water partition coefficient (Wildman–Crippen LogP) is 2.83. The fourth-order valence-corrected chi connectivity index (χ4v) is 3.80. The number of primary amides is 1. The van der Waals surface area contributed by atoms with E-state index < -0.39 is 47.4 Å². The third-order valence-corrected chi connectivity index (χ3v) is 5.92. The highest BCUT2D eigenvalue weighted by molar-refractivity contribution is 5.92. The van der Waals surface area contributed by atoms with Crippen molar-refractivity contribution >= 4 is 11.8 Å². The molecule has 35 heavy (non-hydrogen) atoms. The minimum absolute atomic E-state index is 0.00720. The summed E-state index contributed by atoms with van der Waals surface area (Å²) in [4.78, 5) is 28.7. The molecule has 1 aliphatic heterocycles. The van der Waals surface area contributed by atoms with Crippen molar-refractivity contribution in [2.45, 2.75) is 24.4 Å². The molecule has 184 valence electrons. The highest BCUT2D eigenvalue weighted by Gasteiger charge is 2.47. The van der Waals surface area contributed by atoms with Crippen LogP contribution in [0.1, 0.15) is 34.6 Å². The van der Waals surface area contributed by atoms with E-state index in [1.807, 2.05) is 0 Å². The van der Waals surface area contributed by atoms with Gasteiger partial charge in [-0.2, -0.15) is 18.3 Å². The van der Waals surface area contributed by atoms with E-state index in [1.54, 1.807) is 7.05 Å². The average Bonchev–Trinajstić information content (AvgIpc) is 3.37. The molecule has 12 heteroatoms. The lowest BCUT2D eigenvalue weighted by molar-refractivity contribution is -0.149. The number of carbonyl (C=O) groups excluding carboxylic acids is 2. The number of hydrogen-bond donors (Lipinski definition) is 2. The van der Waals surface area contributed by atoms with E-state index >= 15 is 0 Å². The van der Waals surface area contributed by atoms with Crippen LogP contribution in [0, 0.1) is 5.82 Å². The van der Waals surface area contributed by atoms with Gasteiger partial charge in [0.1, 0.15) is 40.9 Å². The number of nitrogens with one attached hydrogen (secondary N) is 1. The van der Waals surface area contributed by atoms with Crippen molar-refractivity contribution < 1.29 is 31.9 Å². The molecule has 8 nitrogen and oxygen atoms in total. The minimum atomic E-state index is -4.80. The number of carbonyl (C=O) groups is 2. The van der Waals surface area contributed by atoms with Gasteiger partial charge in [0.2, 0.25) is 5.91 Å². The third kappa shape index (κ3) is 4.55. The van der Waals surface area contributed by atoms with Gasteiger partial charge in [0.15, 0.2) is 0 Å². The van der Waals surface area contributed by atoms with Gasteiger partial charge in [0.05, 0.1) is 5.69 Å². The van der Waals surface area contributed by atoms with Gasteiger partial charge in [-0.25, -0.2) is 9.37 Å². The summed E-state index contributed by atoms with van der Waals surface area (Å²) in [5.41, 5.74) is 4.09. The molecule has 0 saturated heterocycles. The lowest BCUT2D eigenvalue weighted by Crippen LogP contribution is -2.40. The molecule has 0 saturated carbocycles. The van der Waals surface area contributed by atoms with Crippen molar-refractivity contribution in [3.8, 4) is 17.0 Å². The zero-order valence-corrected chi connectivity index (χ0v) is 18.7. The van der Waals surface area contributed by atoms with E-state index in [0.29, 0.717) is 0 Å². The Morgan fingerprint density at radius 1 is 1.26 bits per heavy atom. The normalized spacial score (nSPS) is 18.0. The molecule has 0 fully saturated rings. The molecule has 3 N–H and O–H groups in total. The summed E-state index contributed by atoms with van der Waals surface area (Å²) >= 11 is 0. The summed E-state index contributed by atoms with van der Waals surface area (Å²) in [6.07, 6.45) is -3.32. The standard InChI is InChI=1S/C23H21F4N5O3/c1-22(21(28)34)11-35-19-14(22)9-17(30-18(19)12-3-5-13(24)6-4-12)15(23(25,26)27)10-29-20(33)16-7-8-32(2)31-16/h3-9,15H,10-11H2,1-2H3,(H2,28,34)(H,29,33)/t15-,22+/m1/s1. The number of ether oxygens (including phenoxy) is 1. The third-order valence-electron chi connectivity index (χ3n) is 5.92. The summed E-state index contributed by atoms with van der Waals surface area (Å²) in [6, 6.07) is 7.45. The molecule has 4 rings (SSSR count). The quantitative estimate of drug-likeness (QED) is 0.515. The predicted molar refractivity (Wildman–Crippen MR) is 116 cm³/mol. The molecule has 3 heterocycles. The topological polar surface area (TPSA) is 112 Å². The van der Waals surface area contributed by atoms with E-state index in [0.717, 1.165) is 18.2 Å². The van der Waals surface area contributed by atoms with Gasteiger partial charge in [0, 0.05) is 30.9 Å². The molecule has 0 radical (unpaired) electrons.